The Morgan fingerprint density at radius 3 is 1.89 bits per heavy atom. The second-order valence-electron chi connectivity index (χ2n) is 7.05. The number of thiophene rings is 1. The van der Waals surface area contributed by atoms with Gasteiger partial charge in [0.2, 0.25) is 0 Å². The molecule has 4 rings (SSSR count). The Kier molecular flexibility index (Phi) is 5.31. The molecule has 140 valence electrons. The summed E-state index contributed by atoms with van der Waals surface area (Å²) in [5.41, 5.74) is 7.88. The first-order valence-corrected chi connectivity index (χ1v) is 10.3. The van der Waals surface area contributed by atoms with Gasteiger partial charge >= 0.3 is 0 Å². The zero-order valence-corrected chi connectivity index (χ0v) is 17.3. The van der Waals surface area contributed by atoms with Crippen LogP contribution in [0.15, 0.2) is 78.9 Å². The fraction of sp³-hybridized carbons (Fsp3) is 0.154. The van der Waals surface area contributed by atoms with Gasteiger partial charge < -0.3 is 4.74 Å². The molecular formula is C26H24OS. The normalized spacial score (nSPS) is 10.8. The van der Waals surface area contributed by atoms with E-state index in [0.717, 1.165) is 12.2 Å². The third-order valence-corrected chi connectivity index (χ3v) is 6.47. The van der Waals surface area contributed by atoms with Crippen molar-refractivity contribution >= 4 is 11.3 Å². The maximum Gasteiger partial charge on any atom is 0.118 e. The molecule has 0 N–H and O–H groups in total. The fourth-order valence-electron chi connectivity index (χ4n) is 3.59. The summed E-state index contributed by atoms with van der Waals surface area (Å²) in [4.78, 5) is 2.85. The predicted molar refractivity (Wildman–Crippen MR) is 120 cm³/mol. The molecule has 0 aliphatic heterocycles. The predicted octanol–water partition coefficient (Wildman–Crippen LogP) is 7.30. The van der Waals surface area contributed by atoms with Crippen molar-refractivity contribution < 1.29 is 4.74 Å². The Labute approximate surface area is 171 Å². The quantitative estimate of drug-likeness (QED) is 0.351. The standard InChI is InChI=1S/C26H24OS/c1-18-19(2)28-25(17-20-7-5-4-6-8-20)26(18)23-11-9-21(10-12-23)22-13-15-24(27-3)16-14-22/h4-16H,17H2,1-3H3. The largest absolute Gasteiger partial charge is 0.497 e. The molecule has 0 saturated heterocycles. The molecule has 1 heterocycles. The lowest BCUT2D eigenvalue weighted by molar-refractivity contribution is 0.415. The second kappa shape index (κ2) is 8.04. The number of hydrogen-bond donors (Lipinski definition) is 0. The molecule has 0 saturated carbocycles. The van der Waals surface area contributed by atoms with E-state index in [2.05, 4.69) is 80.6 Å². The average molecular weight is 385 g/mol. The molecule has 1 aromatic heterocycles. The van der Waals surface area contributed by atoms with Gasteiger partial charge in [0.25, 0.3) is 0 Å². The van der Waals surface area contributed by atoms with E-state index in [-0.39, 0.29) is 0 Å². The number of hydrogen-bond acceptors (Lipinski definition) is 2. The van der Waals surface area contributed by atoms with Gasteiger partial charge in [0.05, 0.1) is 7.11 Å². The van der Waals surface area contributed by atoms with E-state index >= 15 is 0 Å². The summed E-state index contributed by atoms with van der Waals surface area (Å²) in [6.45, 7) is 4.47. The Balaban J connectivity index is 1.67. The summed E-state index contributed by atoms with van der Waals surface area (Å²) in [7, 11) is 1.70. The summed E-state index contributed by atoms with van der Waals surface area (Å²) in [6.07, 6.45) is 0.982. The number of aryl methyl sites for hydroxylation is 1. The number of methoxy groups -OCH3 is 1. The molecule has 0 fully saturated rings. The Hall–Kier alpha value is -2.84. The molecule has 4 aromatic rings. The molecule has 3 aromatic carbocycles. The van der Waals surface area contributed by atoms with Crippen LogP contribution in [0.25, 0.3) is 22.3 Å². The monoisotopic (exact) mass is 384 g/mol. The zero-order valence-electron chi connectivity index (χ0n) is 16.5. The van der Waals surface area contributed by atoms with Gasteiger partial charge in [-0.1, -0.05) is 66.7 Å². The molecule has 1 nitrogen and oxygen atoms in total. The highest BCUT2D eigenvalue weighted by Crippen LogP contribution is 2.38. The van der Waals surface area contributed by atoms with E-state index < -0.39 is 0 Å². The minimum atomic E-state index is 0.885. The molecule has 0 aliphatic rings. The van der Waals surface area contributed by atoms with Crippen LogP contribution in [0.2, 0.25) is 0 Å². The lowest BCUT2D eigenvalue weighted by Crippen LogP contribution is -1.89. The van der Waals surface area contributed by atoms with Gasteiger partial charge in [-0.15, -0.1) is 11.3 Å². The van der Waals surface area contributed by atoms with Gasteiger partial charge in [0, 0.05) is 16.2 Å². The van der Waals surface area contributed by atoms with Gasteiger partial charge in [-0.2, -0.15) is 0 Å². The van der Waals surface area contributed by atoms with Crippen molar-refractivity contribution in [1.29, 1.82) is 0 Å². The van der Waals surface area contributed by atoms with Crippen LogP contribution in [0.4, 0.5) is 0 Å². The first-order chi connectivity index (χ1) is 13.7. The first kappa shape index (κ1) is 18.5. The zero-order chi connectivity index (χ0) is 19.5. The van der Waals surface area contributed by atoms with Gasteiger partial charge in [-0.25, -0.2) is 0 Å². The molecule has 0 bridgehead atoms. The smallest absolute Gasteiger partial charge is 0.118 e. The van der Waals surface area contributed by atoms with Gasteiger partial charge in [0.1, 0.15) is 5.75 Å². The topological polar surface area (TPSA) is 9.23 Å². The molecule has 0 spiro atoms. The summed E-state index contributed by atoms with van der Waals surface area (Å²) >= 11 is 1.92. The minimum Gasteiger partial charge on any atom is -0.497 e. The van der Waals surface area contributed by atoms with Crippen LogP contribution in [0.3, 0.4) is 0 Å². The van der Waals surface area contributed by atoms with Crippen molar-refractivity contribution in [3.05, 3.63) is 99.7 Å². The number of rotatable bonds is 5. The lowest BCUT2D eigenvalue weighted by Gasteiger charge is -2.09. The van der Waals surface area contributed by atoms with Crippen LogP contribution in [0, 0.1) is 13.8 Å². The van der Waals surface area contributed by atoms with E-state index in [1.54, 1.807) is 7.11 Å². The van der Waals surface area contributed by atoms with Crippen molar-refractivity contribution in [2.24, 2.45) is 0 Å². The van der Waals surface area contributed by atoms with E-state index in [4.69, 9.17) is 4.74 Å². The van der Waals surface area contributed by atoms with Crippen molar-refractivity contribution in [3.63, 3.8) is 0 Å². The first-order valence-electron chi connectivity index (χ1n) is 9.53. The van der Waals surface area contributed by atoms with Crippen molar-refractivity contribution in [1.82, 2.24) is 0 Å². The van der Waals surface area contributed by atoms with E-state index in [9.17, 15) is 0 Å². The highest BCUT2D eigenvalue weighted by atomic mass is 32.1. The molecule has 0 unspecified atom stereocenters. The van der Waals surface area contributed by atoms with Gasteiger partial charge in [0.15, 0.2) is 0 Å². The van der Waals surface area contributed by atoms with Crippen LogP contribution in [0.5, 0.6) is 5.75 Å². The van der Waals surface area contributed by atoms with Crippen LogP contribution < -0.4 is 4.74 Å². The van der Waals surface area contributed by atoms with Crippen LogP contribution >= 0.6 is 11.3 Å². The SMILES string of the molecule is COc1ccc(-c2ccc(-c3c(Cc4ccccc4)sc(C)c3C)cc2)cc1. The minimum absolute atomic E-state index is 0.885. The van der Waals surface area contributed by atoms with Crippen LogP contribution in [0.1, 0.15) is 20.9 Å². The third kappa shape index (κ3) is 3.74. The molecule has 0 aliphatic carbocycles. The fourth-order valence-corrected chi connectivity index (χ4v) is 4.83. The van der Waals surface area contributed by atoms with Crippen LogP contribution in [-0.2, 0) is 6.42 Å². The highest BCUT2D eigenvalue weighted by molar-refractivity contribution is 7.12. The third-order valence-electron chi connectivity index (χ3n) is 5.26. The number of ether oxygens (including phenoxy) is 1. The molecular weight excluding hydrogens is 360 g/mol. The van der Waals surface area contributed by atoms with Crippen molar-refractivity contribution in [3.8, 4) is 28.0 Å². The molecule has 0 atom stereocenters. The molecule has 28 heavy (non-hydrogen) atoms. The van der Waals surface area contributed by atoms with Gasteiger partial charge in [-0.3, -0.25) is 0 Å². The Morgan fingerprint density at radius 1 is 0.714 bits per heavy atom. The highest BCUT2D eigenvalue weighted by Gasteiger charge is 2.15. The lowest BCUT2D eigenvalue weighted by atomic mass is 9.96. The maximum absolute atomic E-state index is 5.26. The van der Waals surface area contributed by atoms with Crippen LogP contribution in [-0.4, -0.2) is 7.11 Å². The Bertz CT molecular complexity index is 1060. The average Bonchev–Trinajstić information content (AvgIpc) is 3.02. The summed E-state index contributed by atoms with van der Waals surface area (Å²) < 4.78 is 5.26. The van der Waals surface area contributed by atoms with E-state index in [1.165, 1.54) is 43.1 Å². The molecule has 0 amide bonds. The van der Waals surface area contributed by atoms with Gasteiger partial charge in [-0.05, 0) is 59.4 Å². The summed E-state index contributed by atoms with van der Waals surface area (Å²) in [5.74, 6) is 0.885. The summed E-state index contributed by atoms with van der Waals surface area (Å²) in [5, 5.41) is 0. The van der Waals surface area contributed by atoms with Crippen molar-refractivity contribution in [2.45, 2.75) is 20.3 Å². The molecule has 0 radical (unpaired) electrons. The van der Waals surface area contributed by atoms with E-state index in [1.807, 2.05) is 23.5 Å². The Morgan fingerprint density at radius 2 is 1.29 bits per heavy atom. The van der Waals surface area contributed by atoms with Crippen molar-refractivity contribution in [2.75, 3.05) is 7.11 Å². The number of benzene rings is 3. The summed E-state index contributed by atoms with van der Waals surface area (Å²) in [6, 6.07) is 27.9. The maximum atomic E-state index is 5.26. The second-order valence-corrected chi connectivity index (χ2v) is 8.36. The molecule has 2 heteroatoms. The van der Waals surface area contributed by atoms with E-state index in [0.29, 0.717) is 0 Å².